The van der Waals surface area contributed by atoms with E-state index in [0.717, 1.165) is 5.92 Å². The zero-order valence-electron chi connectivity index (χ0n) is 10.9. The minimum atomic E-state index is 0.624. The van der Waals surface area contributed by atoms with Crippen LogP contribution in [0.3, 0.4) is 0 Å². The van der Waals surface area contributed by atoms with Gasteiger partial charge < -0.3 is 10.2 Å². The minimum absolute atomic E-state index is 0.624. The third-order valence-electron chi connectivity index (χ3n) is 3.38. The van der Waals surface area contributed by atoms with Gasteiger partial charge in [-0.15, -0.1) is 0 Å². The molecule has 1 saturated carbocycles. The normalized spacial score (nSPS) is 20.6. The Balaban J connectivity index is 2.12. The Kier molecular flexibility index (Phi) is 5.62. The number of nitrogens with zero attached hydrogens (tertiary/aromatic N) is 1. The van der Waals surface area contributed by atoms with Gasteiger partial charge in [-0.1, -0.05) is 26.7 Å². The molecule has 2 atom stereocenters. The fourth-order valence-corrected chi connectivity index (χ4v) is 2.33. The van der Waals surface area contributed by atoms with E-state index in [1.54, 1.807) is 0 Å². The molecule has 0 bridgehead atoms. The van der Waals surface area contributed by atoms with Crippen LogP contribution in [-0.4, -0.2) is 36.6 Å². The molecule has 1 fully saturated rings. The number of likely N-dealkylation sites (N-methyl/N-ethyl adjacent to an activating group) is 1. The highest BCUT2D eigenvalue weighted by atomic mass is 15.1. The van der Waals surface area contributed by atoms with Gasteiger partial charge >= 0.3 is 0 Å². The molecule has 0 spiro atoms. The first kappa shape index (κ1) is 13.0. The van der Waals surface area contributed by atoms with E-state index >= 15 is 0 Å². The molecule has 0 aliphatic heterocycles. The third kappa shape index (κ3) is 5.53. The molecule has 0 saturated heterocycles. The van der Waals surface area contributed by atoms with Crippen molar-refractivity contribution >= 4 is 0 Å². The van der Waals surface area contributed by atoms with Crippen LogP contribution in [0.2, 0.25) is 0 Å². The van der Waals surface area contributed by atoms with Gasteiger partial charge in [0, 0.05) is 18.6 Å². The maximum absolute atomic E-state index is 3.71. The van der Waals surface area contributed by atoms with E-state index in [1.807, 2.05) is 0 Å². The summed E-state index contributed by atoms with van der Waals surface area (Å²) in [6.07, 6.45) is 4.31. The van der Waals surface area contributed by atoms with Gasteiger partial charge in [-0.3, -0.25) is 0 Å². The number of rotatable bonds is 8. The molecule has 2 heteroatoms. The molecule has 1 rings (SSSR count). The van der Waals surface area contributed by atoms with E-state index in [-0.39, 0.29) is 0 Å². The molecule has 0 radical (unpaired) electrons. The zero-order chi connectivity index (χ0) is 11.3. The van der Waals surface area contributed by atoms with Crippen LogP contribution in [0.15, 0.2) is 0 Å². The first-order valence-corrected chi connectivity index (χ1v) is 6.64. The summed E-state index contributed by atoms with van der Waals surface area (Å²) in [6, 6.07) is 1.32. The summed E-state index contributed by atoms with van der Waals surface area (Å²) in [5.74, 6) is 1.04. The molecular weight excluding hydrogens is 184 g/mol. The van der Waals surface area contributed by atoms with Gasteiger partial charge in [-0.05, 0) is 39.3 Å². The predicted molar refractivity (Wildman–Crippen MR) is 67.2 cm³/mol. The Morgan fingerprint density at radius 1 is 1.13 bits per heavy atom. The summed E-state index contributed by atoms with van der Waals surface area (Å²) in [5.41, 5.74) is 0. The van der Waals surface area contributed by atoms with Gasteiger partial charge in [0.25, 0.3) is 0 Å². The van der Waals surface area contributed by atoms with E-state index in [9.17, 15) is 0 Å². The highest BCUT2D eigenvalue weighted by Gasteiger charge is 2.24. The minimum Gasteiger partial charge on any atom is -0.310 e. The van der Waals surface area contributed by atoms with E-state index in [1.165, 1.54) is 38.9 Å². The van der Waals surface area contributed by atoms with E-state index < -0.39 is 0 Å². The van der Waals surface area contributed by atoms with Gasteiger partial charge in [0.15, 0.2) is 0 Å². The monoisotopic (exact) mass is 212 g/mol. The molecule has 0 aromatic rings. The summed E-state index contributed by atoms with van der Waals surface area (Å²) in [7, 11) is 0. The summed E-state index contributed by atoms with van der Waals surface area (Å²) in [6.45, 7) is 12.6. The summed E-state index contributed by atoms with van der Waals surface area (Å²) in [5, 5.41) is 3.71. The van der Waals surface area contributed by atoms with E-state index in [4.69, 9.17) is 0 Å². The molecule has 1 N–H and O–H groups in total. The molecule has 2 nitrogen and oxygen atoms in total. The molecular formula is C13H28N2. The maximum atomic E-state index is 3.71. The van der Waals surface area contributed by atoms with Crippen LogP contribution in [0, 0.1) is 5.92 Å². The molecule has 0 amide bonds. The molecule has 0 aromatic carbocycles. The summed E-state index contributed by atoms with van der Waals surface area (Å²) in [4.78, 5) is 2.49. The van der Waals surface area contributed by atoms with Crippen LogP contribution in [0.1, 0.15) is 47.0 Å². The lowest BCUT2D eigenvalue weighted by Crippen LogP contribution is -2.43. The lowest BCUT2D eigenvalue weighted by Gasteiger charge is -2.26. The first-order valence-electron chi connectivity index (χ1n) is 6.64. The molecule has 1 aliphatic rings. The van der Waals surface area contributed by atoms with Crippen molar-refractivity contribution in [2.24, 2.45) is 5.92 Å². The van der Waals surface area contributed by atoms with Crippen molar-refractivity contribution in [2.45, 2.75) is 59.0 Å². The predicted octanol–water partition coefficient (Wildman–Crippen LogP) is 2.49. The number of hydrogen-bond donors (Lipinski definition) is 1. The lowest BCUT2D eigenvalue weighted by molar-refractivity contribution is 0.260. The van der Waals surface area contributed by atoms with Gasteiger partial charge in [0.1, 0.15) is 0 Å². The van der Waals surface area contributed by atoms with Crippen LogP contribution in [0.4, 0.5) is 0 Å². The van der Waals surface area contributed by atoms with Crippen molar-refractivity contribution in [2.75, 3.05) is 19.6 Å². The van der Waals surface area contributed by atoms with Gasteiger partial charge in [-0.2, -0.15) is 0 Å². The Bertz CT molecular complexity index is 162. The average Bonchev–Trinajstić information content (AvgIpc) is 2.97. The number of hydrogen-bond acceptors (Lipinski definition) is 2. The van der Waals surface area contributed by atoms with Crippen LogP contribution < -0.4 is 5.32 Å². The second kappa shape index (κ2) is 6.49. The van der Waals surface area contributed by atoms with E-state index in [2.05, 4.69) is 37.9 Å². The molecule has 0 heterocycles. The largest absolute Gasteiger partial charge is 0.310 e. The lowest BCUT2D eigenvalue weighted by atomic mass is 10.1. The van der Waals surface area contributed by atoms with E-state index in [0.29, 0.717) is 12.1 Å². The Labute approximate surface area is 95.4 Å². The fourth-order valence-electron chi connectivity index (χ4n) is 2.33. The molecule has 90 valence electrons. The summed E-state index contributed by atoms with van der Waals surface area (Å²) >= 11 is 0. The molecule has 0 aromatic heterocycles. The van der Waals surface area contributed by atoms with Crippen molar-refractivity contribution in [3.05, 3.63) is 0 Å². The SMILES string of the molecule is CCN(CC)CC(C)NC(C)CC1CC1. The van der Waals surface area contributed by atoms with Crippen LogP contribution >= 0.6 is 0 Å². The Hall–Kier alpha value is -0.0800. The van der Waals surface area contributed by atoms with Crippen molar-refractivity contribution in [1.29, 1.82) is 0 Å². The van der Waals surface area contributed by atoms with Crippen molar-refractivity contribution in [1.82, 2.24) is 10.2 Å². The Morgan fingerprint density at radius 3 is 2.20 bits per heavy atom. The highest BCUT2D eigenvalue weighted by Crippen LogP contribution is 2.33. The fraction of sp³-hybridized carbons (Fsp3) is 1.00. The maximum Gasteiger partial charge on any atom is 0.0169 e. The topological polar surface area (TPSA) is 15.3 Å². The standard InChI is InChI=1S/C13H28N2/c1-5-15(6-2)10-12(4)14-11(3)9-13-7-8-13/h11-14H,5-10H2,1-4H3. The van der Waals surface area contributed by atoms with Gasteiger partial charge in [-0.25, -0.2) is 0 Å². The average molecular weight is 212 g/mol. The summed E-state index contributed by atoms with van der Waals surface area (Å²) < 4.78 is 0. The van der Waals surface area contributed by atoms with Crippen molar-refractivity contribution in [3.63, 3.8) is 0 Å². The van der Waals surface area contributed by atoms with Crippen LogP contribution in [-0.2, 0) is 0 Å². The van der Waals surface area contributed by atoms with Crippen LogP contribution in [0.25, 0.3) is 0 Å². The Morgan fingerprint density at radius 2 is 1.73 bits per heavy atom. The van der Waals surface area contributed by atoms with Crippen LogP contribution in [0.5, 0.6) is 0 Å². The highest BCUT2D eigenvalue weighted by molar-refractivity contribution is 4.80. The molecule has 1 aliphatic carbocycles. The second-order valence-electron chi connectivity index (χ2n) is 5.13. The smallest absolute Gasteiger partial charge is 0.0169 e. The zero-order valence-corrected chi connectivity index (χ0v) is 10.9. The van der Waals surface area contributed by atoms with Crippen molar-refractivity contribution < 1.29 is 0 Å². The quantitative estimate of drug-likeness (QED) is 0.665. The number of nitrogens with one attached hydrogen (secondary N) is 1. The second-order valence-corrected chi connectivity index (χ2v) is 5.13. The third-order valence-corrected chi connectivity index (χ3v) is 3.38. The van der Waals surface area contributed by atoms with Gasteiger partial charge in [0.2, 0.25) is 0 Å². The molecule has 15 heavy (non-hydrogen) atoms. The van der Waals surface area contributed by atoms with Gasteiger partial charge in [0.05, 0.1) is 0 Å². The molecule has 2 unspecified atom stereocenters. The first-order chi connectivity index (χ1) is 7.15. The van der Waals surface area contributed by atoms with Crippen molar-refractivity contribution in [3.8, 4) is 0 Å².